The molecule has 0 aliphatic carbocycles. The zero-order valence-corrected chi connectivity index (χ0v) is 30.5. The van der Waals surface area contributed by atoms with E-state index in [1.165, 1.54) is 11.9 Å². The van der Waals surface area contributed by atoms with Gasteiger partial charge in [-0.1, -0.05) is 50.0 Å². The van der Waals surface area contributed by atoms with Gasteiger partial charge in [-0.05, 0) is 54.9 Å². The van der Waals surface area contributed by atoms with E-state index in [4.69, 9.17) is 42.3 Å². The fourth-order valence-corrected chi connectivity index (χ4v) is 7.03. The highest BCUT2D eigenvalue weighted by Crippen LogP contribution is 2.40. The van der Waals surface area contributed by atoms with E-state index in [-0.39, 0.29) is 18.2 Å². The van der Waals surface area contributed by atoms with Crippen molar-refractivity contribution in [3.05, 3.63) is 69.6 Å². The second-order valence-corrected chi connectivity index (χ2v) is 19.0. The molecule has 14 heteroatoms. The van der Waals surface area contributed by atoms with E-state index in [9.17, 15) is 9.90 Å². The molecule has 5 rings (SSSR count). The lowest BCUT2D eigenvalue weighted by atomic mass is 10.1. The summed E-state index contributed by atoms with van der Waals surface area (Å²) < 4.78 is 14.6. The number of hydrogen-bond donors (Lipinski definition) is 1. The van der Waals surface area contributed by atoms with Crippen molar-refractivity contribution in [1.82, 2.24) is 29.6 Å². The second-order valence-electron chi connectivity index (χ2n) is 13.4. The topological polar surface area (TPSA) is 119 Å². The van der Waals surface area contributed by atoms with Crippen LogP contribution < -0.4 is 9.64 Å². The predicted molar refractivity (Wildman–Crippen MR) is 187 cm³/mol. The van der Waals surface area contributed by atoms with E-state index in [0.29, 0.717) is 51.7 Å². The molecule has 0 spiro atoms. The van der Waals surface area contributed by atoms with Gasteiger partial charge in [-0.2, -0.15) is 5.10 Å². The molecule has 3 aromatic heterocycles. The van der Waals surface area contributed by atoms with Gasteiger partial charge in [-0.25, -0.2) is 14.8 Å². The molecule has 0 radical (unpaired) electrons. The molecular formula is C33H41Cl2N7O4Si. The van der Waals surface area contributed by atoms with Gasteiger partial charge in [0.05, 0.1) is 46.8 Å². The number of fused-ring (bicyclic) bond motifs is 1. The summed E-state index contributed by atoms with van der Waals surface area (Å²) in [7, 11) is 1.11. The van der Waals surface area contributed by atoms with Crippen LogP contribution in [-0.4, -0.2) is 75.5 Å². The van der Waals surface area contributed by atoms with Crippen molar-refractivity contribution in [2.75, 3.05) is 25.1 Å². The predicted octanol–water partition coefficient (Wildman–Crippen LogP) is 7.45. The number of halogens is 2. The Kier molecular flexibility index (Phi) is 9.88. The van der Waals surface area contributed by atoms with Gasteiger partial charge in [-0.15, -0.1) is 0 Å². The summed E-state index contributed by atoms with van der Waals surface area (Å²) in [5.41, 5.74) is 4.88. The van der Waals surface area contributed by atoms with Crippen LogP contribution in [-0.2, 0) is 24.6 Å². The van der Waals surface area contributed by atoms with Crippen LogP contribution in [0.15, 0.2) is 42.7 Å². The number of rotatable bonds is 10. The molecule has 0 bridgehead atoms. The molecule has 1 atom stereocenters. The van der Waals surface area contributed by atoms with Crippen LogP contribution in [0.25, 0.3) is 22.8 Å². The van der Waals surface area contributed by atoms with E-state index in [1.54, 1.807) is 35.3 Å². The smallest absolute Gasteiger partial charge is 0.407 e. The molecule has 1 N–H and O–H groups in total. The maximum Gasteiger partial charge on any atom is 0.407 e. The van der Waals surface area contributed by atoms with Gasteiger partial charge in [0.25, 0.3) is 0 Å². The Balaban J connectivity index is 1.51. The third kappa shape index (κ3) is 7.40. The van der Waals surface area contributed by atoms with Gasteiger partial charge in [-0.3, -0.25) is 9.67 Å². The Morgan fingerprint density at radius 3 is 2.53 bits per heavy atom. The zero-order chi connectivity index (χ0) is 34.3. The van der Waals surface area contributed by atoms with Crippen LogP contribution in [0, 0.1) is 6.92 Å². The van der Waals surface area contributed by atoms with Crippen molar-refractivity contribution in [2.24, 2.45) is 7.05 Å². The van der Waals surface area contributed by atoms with Gasteiger partial charge in [0, 0.05) is 38.0 Å². The number of anilines is 1. The summed E-state index contributed by atoms with van der Waals surface area (Å²) in [6, 6.07) is 9.33. The highest BCUT2D eigenvalue weighted by atomic mass is 35.5. The number of pyridine rings is 1. The molecule has 4 heterocycles. The number of aryl methyl sites for hydroxylation is 1. The van der Waals surface area contributed by atoms with Crippen LogP contribution in [0.2, 0.25) is 28.2 Å². The summed E-state index contributed by atoms with van der Waals surface area (Å²) in [5, 5.41) is 14.8. The molecule has 47 heavy (non-hydrogen) atoms. The van der Waals surface area contributed by atoms with Crippen LogP contribution in [0.5, 0.6) is 5.75 Å². The Morgan fingerprint density at radius 2 is 1.89 bits per heavy atom. The van der Waals surface area contributed by atoms with Gasteiger partial charge < -0.3 is 24.1 Å². The number of nitrogens with zero attached hydrogens (tertiary/aromatic N) is 7. The number of carboxylic acid groups (broad SMARTS) is 1. The maximum absolute atomic E-state index is 11.7. The summed E-state index contributed by atoms with van der Waals surface area (Å²) in [6.07, 6.45) is 1.88. The number of amides is 1. The van der Waals surface area contributed by atoms with Gasteiger partial charge in [0.15, 0.2) is 14.1 Å². The third-order valence-corrected chi connectivity index (χ3v) is 14.1. The molecule has 1 aliphatic heterocycles. The molecule has 0 saturated carbocycles. The van der Waals surface area contributed by atoms with E-state index < -0.39 is 20.5 Å². The lowest BCUT2D eigenvalue weighted by Crippen LogP contribution is -2.49. The first-order chi connectivity index (χ1) is 22.1. The number of ether oxygens (including phenoxy) is 1. The number of aromatic nitrogens is 5. The molecule has 0 fully saturated rings. The monoisotopic (exact) mass is 697 g/mol. The largest absolute Gasteiger partial charge is 0.491 e. The zero-order valence-electron chi connectivity index (χ0n) is 28.0. The lowest BCUT2D eigenvalue weighted by Gasteiger charge is -2.39. The Morgan fingerprint density at radius 1 is 1.15 bits per heavy atom. The fraction of sp³-hybridized carbons (Fsp3) is 0.424. The van der Waals surface area contributed by atoms with Crippen molar-refractivity contribution in [1.29, 1.82) is 0 Å². The first-order valence-corrected chi connectivity index (χ1v) is 19.0. The molecular weight excluding hydrogens is 657 g/mol. The van der Waals surface area contributed by atoms with E-state index >= 15 is 0 Å². The Hall–Kier alpha value is -3.71. The Labute approximate surface area is 286 Å². The Bertz CT molecular complexity index is 1750. The molecule has 1 aromatic carbocycles. The maximum atomic E-state index is 11.7. The standard InChI is InChI=1S/C33H41Cl2N7O4Si/c1-20-28(29-26(35)15-37-41(29)6)38-30(39-31(20)42-16-21-10-9-13-36-27(21)18-42)24-14-22(11-12-25(24)34)45-19-23(17-40(5)32(43)44)46-47(7,8)33(2,3)4/h9-15,23H,16-19H2,1-8H3,(H,43,44). The molecule has 1 amide bonds. The van der Waals surface area contributed by atoms with E-state index in [1.807, 2.05) is 20.0 Å². The highest BCUT2D eigenvalue weighted by molar-refractivity contribution is 6.74. The summed E-state index contributed by atoms with van der Waals surface area (Å²) in [5.74, 6) is 1.66. The SMILES string of the molecule is Cc1c(-c2c(Cl)cnn2C)nc(-c2cc(OCC(CN(C)C(=O)O)O[Si](C)(C)C(C)(C)C)ccc2Cl)nc1N1Cc2cccnc2C1. The minimum atomic E-state index is -2.24. The number of likely N-dealkylation sites (N-methyl/N-ethyl adjacent to an activating group) is 1. The molecule has 250 valence electrons. The van der Waals surface area contributed by atoms with Crippen LogP contribution in [0.4, 0.5) is 10.6 Å². The van der Waals surface area contributed by atoms with Crippen LogP contribution in [0.3, 0.4) is 0 Å². The molecule has 11 nitrogen and oxygen atoms in total. The van der Waals surface area contributed by atoms with E-state index in [2.05, 4.69) is 54.9 Å². The summed E-state index contributed by atoms with van der Waals surface area (Å²) in [4.78, 5) is 29.7. The minimum Gasteiger partial charge on any atom is -0.491 e. The summed E-state index contributed by atoms with van der Waals surface area (Å²) in [6.45, 7) is 14.2. The molecule has 4 aromatic rings. The normalized spacial score (nSPS) is 13.9. The number of hydrogen-bond acceptors (Lipinski definition) is 8. The van der Waals surface area contributed by atoms with Crippen LogP contribution >= 0.6 is 23.2 Å². The van der Waals surface area contributed by atoms with Crippen molar-refractivity contribution < 1.29 is 19.1 Å². The average molecular weight is 699 g/mol. The van der Waals surface area contributed by atoms with Crippen LogP contribution in [0.1, 0.15) is 37.6 Å². The van der Waals surface area contributed by atoms with Crippen molar-refractivity contribution in [2.45, 2.75) is 65.0 Å². The lowest BCUT2D eigenvalue weighted by molar-refractivity contribution is 0.0794. The molecule has 0 saturated heterocycles. The van der Waals surface area contributed by atoms with Gasteiger partial charge >= 0.3 is 6.09 Å². The van der Waals surface area contributed by atoms with Gasteiger partial charge in [0.1, 0.15) is 23.9 Å². The first-order valence-electron chi connectivity index (χ1n) is 15.3. The molecule has 1 unspecified atom stereocenters. The van der Waals surface area contributed by atoms with E-state index in [0.717, 1.165) is 22.6 Å². The van der Waals surface area contributed by atoms with Crippen molar-refractivity contribution in [3.63, 3.8) is 0 Å². The van der Waals surface area contributed by atoms with Crippen molar-refractivity contribution in [3.8, 4) is 28.5 Å². The van der Waals surface area contributed by atoms with Gasteiger partial charge in [0.2, 0.25) is 0 Å². The first kappa shape index (κ1) is 34.6. The minimum absolute atomic E-state index is 0.0672. The summed E-state index contributed by atoms with van der Waals surface area (Å²) >= 11 is 13.4. The molecule has 1 aliphatic rings. The number of benzene rings is 1. The average Bonchev–Trinajstić information content (AvgIpc) is 3.58. The third-order valence-electron chi connectivity index (χ3n) is 8.91. The fourth-order valence-electron chi connectivity index (χ4n) is 5.25. The quantitative estimate of drug-likeness (QED) is 0.169. The highest BCUT2D eigenvalue weighted by Gasteiger charge is 2.40. The second kappa shape index (κ2) is 13.4. The number of carbonyl (C=O) groups is 1. The van der Waals surface area contributed by atoms with Crippen molar-refractivity contribution >= 4 is 43.4 Å².